The maximum atomic E-state index is 11.0. The fraction of sp³-hybridized carbons (Fsp3) is 0.667. The summed E-state index contributed by atoms with van der Waals surface area (Å²) in [4.78, 5) is 11.0. The molecule has 0 saturated carbocycles. The number of allylic oxidation sites excluding steroid dienone is 2. The van der Waals surface area contributed by atoms with Gasteiger partial charge in [0.05, 0.1) is 13.2 Å². The van der Waals surface area contributed by atoms with Gasteiger partial charge in [-0.15, -0.1) is 0 Å². The predicted octanol–water partition coefficient (Wildman–Crippen LogP) is 3.80. The maximum Gasteiger partial charge on any atom is 0.330 e. The van der Waals surface area contributed by atoms with Crippen LogP contribution in [0.5, 0.6) is 0 Å². The number of esters is 1. The van der Waals surface area contributed by atoms with E-state index in [0.717, 1.165) is 12.8 Å². The first kappa shape index (κ1) is 18.1. The van der Waals surface area contributed by atoms with Crippen LogP contribution in [0.3, 0.4) is 0 Å². The van der Waals surface area contributed by atoms with Crippen LogP contribution in [0.15, 0.2) is 24.3 Å². The molecule has 0 amide bonds. The van der Waals surface area contributed by atoms with Crippen LogP contribution < -0.4 is 0 Å². The molecule has 0 aliphatic carbocycles. The maximum absolute atomic E-state index is 11.0. The number of carbonyl (C=O) groups is 1. The standard InChI is InChI=1S/C15H28O3Si/c1-17-14(11-12-15(16)18-2)10-8-6-7-9-13-19(3,4)5/h6-7,11-12,14H,8-10,13H2,1-5H3/b7-6-,12-11+/t14-/m1/s1. The van der Waals surface area contributed by atoms with Crippen molar-refractivity contribution >= 4 is 14.0 Å². The van der Waals surface area contributed by atoms with Crippen molar-refractivity contribution in [3.05, 3.63) is 24.3 Å². The summed E-state index contributed by atoms with van der Waals surface area (Å²) in [5.74, 6) is -0.340. The molecular weight excluding hydrogens is 256 g/mol. The molecule has 0 spiro atoms. The van der Waals surface area contributed by atoms with Gasteiger partial charge in [0.1, 0.15) is 0 Å². The van der Waals surface area contributed by atoms with Crippen molar-refractivity contribution in [2.75, 3.05) is 14.2 Å². The van der Waals surface area contributed by atoms with Crippen molar-refractivity contribution in [2.24, 2.45) is 0 Å². The molecule has 4 heteroatoms. The highest BCUT2D eigenvalue weighted by atomic mass is 28.3. The second kappa shape index (κ2) is 9.98. The molecule has 0 N–H and O–H groups in total. The van der Waals surface area contributed by atoms with E-state index in [-0.39, 0.29) is 12.1 Å². The SMILES string of the molecule is COC(=O)/C=C/[C@@H](CC/C=C\CC[Si](C)(C)C)OC. The first-order valence-corrected chi connectivity index (χ1v) is 10.5. The molecule has 0 aromatic rings. The van der Waals surface area contributed by atoms with Crippen molar-refractivity contribution in [3.8, 4) is 0 Å². The van der Waals surface area contributed by atoms with Gasteiger partial charge in [0.25, 0.3) is 0 Å². The van der Waals surface area contributed by atoms with E-state index in [4.69, 9.17) is 4.74 Å². The number of methoxy groups -OCH3 is 2. The van der Waals surface area contributed by atoms with Crippen molar-refractivity contribution in [1.82, 2.24) is 0 Å². The summed E-state index contributed by atoms with van der Waals surface area (Å²) in [6.45, 7) is 7.16. The first-order valence-electron chi connectivity index (χ1n) is 6.83. The second-order valence-electron chi connectivity index (χ2n) is 5.80. The Balaban J connectivity index is 3.87. The normalized spacial score (nSPS) is 14.2. The third-order valence-corrected chi connectivity index (χ3v) is 4.59. The molecule has 0 radical (unpaired) electrons. The summed E-state index contributed by atoms with van der Waals surface area (Å²) in [6.07, 6.45) is 10.6. The van der Waals surface area contributed by atoms with Gasteiger partial charge in [-0.05, 0) is 25.3 Å². The van der Waals surface area contributed by atoms with E-state index >= 15 is 0 Å². The Bertz CT molecular complexity index is 303. The fourth-order valence-corrected chi connectivity index (χ4v) is 2.59. The van der Waals surface area contributed by atoms with Crippen molar-refractivity contribution in [1.29, 1.82) is 0 Å². The van der Waals surface area contributed by atoms with Gasteiger partial charge in [-0.3, -0.25) is 0 Å². The van der Waals surface area contributed by atoms with Gasteiger partial charge in [0, 0.05) is 21.3 Å². The highest BCUT2D eigenvalue weighted by molar-refractivity contribution is 6.76. The summed E-state index contributed by atoms with van der Waals surface area (Å²) in [5.41, 5.74) is 0. The van der Waals surface area contributed by atoms with Crippen molar-refractivity contribution in [2.45, 2.75) is 51.1 Å². The monoisotopic (exact) mass is 284 g/mol. The Labute approximate surface area is 118 Å². The lowest BCUT2D eigenvalue weighted by Crippen LogP contribution is -2.18. The molecule has 19 heavy (non-hydrogen) atoms. The summed E-state index contributed by atoms with van der Waals surface area (Å²) in [6, 6.07) is 1.33. The van der Waals surface area contributed by atoms with E-state index in [1.165, 1.54) is 25.7 Å². The minimum atomic E-state index is -0.914. The molecule has 1 atom stereocenters. The molecule has 0 saturated heterocycles. The molecule has 0 bridgehead atoms. The van der Waals surface area contributed by atoms with Gasteiger partial charge >= 0.3 is 5.97 Å². The quantitative estimate of drug-likeness (QED) is 0.280. The van der Waals surface area contributed by atoms with Crippen molar-refractivity contribution < 1.29 is 14.3 Å². The summed E-state index contributed by atoms with van der Waals surface area (Å²) in [7, 11) is 2.11. The van der Waals surface area contributed by atoms with E-state index in [0.29, 0.717) is 0 Å². The zero-order valence-electron chi connectivity index (χ0n) is 12.9. The van der Waals surface area contributed by atoms with Crippen molar-refractivity contribution in [3.63, 3.8) is 0 Å². The molecule has 0 rings (SSSR count). The Morgan fingerprint density at radius 2 is 1.79 bits per heavy atom. The topological polar surface area (TPSA) is 35.5 Å². The van der Waals surface area contributed by atoms with E-state index in [1.807, 2.05) is 0 Å². The number of rotatable bonds is 9. The lowest BCUT2D eigenvalue weighted by atomic mass is 10.1. The van der Waals surface area contributed by atoms with E-state index in [2.05, 4.69) is 36.5 Å². The van der Waals surface area contributed by atoms with Gasteiger partial charge in [-0.1, -0.05) is 37.8 Å². The zero-order chi connectivity index (χ0) is 14.7. The second-order valence-corrected chi connectivity index (χ2v) is 11.4. The largest absolute Gasteiger partial charge is 0.466 e. The average molecular weight is 284 g/mol. The molecule has 0 unspecified atom stereocenters. The van der Waals surface area contributed by atoms with Gasteiger partial charge in [0.2, 0.25) is 0 Å². The van der Waals surface area contributed by atoms with E-state index in [1.54, 1.807) is 13.2 Å². The third-order valence-electron chi connectivity index (χ3n) is 2.80. The zero-order valence-corrected chi connectivity index (χ0v) is 13.9. The lowest BCUT2D eigenvalue weighted by molar-refractivity contribution is -0.134. The summed E-state index contributed by atoms with van der Waals surface area (Å²) in [5, 5.41) is 0. The molecule has 0 aromatic carbocycles. The molecule has 110 valence electrons. The lowest BCUT2D eigenvalue weighted by Gasteiger charge is -2.13. The van der Waals surface area contributed by atoms with Crippen LogP contribution in [0.2, 0.25) is 25.7 Å². The Morgan fingerprint density at radius 3 is 2.32 bits per heavy atom. The van der Waals surface area contributed by atoms with Crippen LogP contribution >= 0.6 is 0 Å². The van der Waals surface area contributed by atoms with Crippen LogP contribution in [-0.2, 0) is 14.3 Å². The number of hydrogen-bond donors (Lipinski definition) is 0. The van der Waals surface area contributed by atoms with Gasteiger partial charge < -0.3 is 9.47 Å². The van der Waals surface area contributed by atoms with Gasteiger partial charge in [-0.2, -0.15) is 0 Å². The Hall–Kier alpha value is -0.873. The molecular formula is C15H28O3Si. The predicted molar refractivity (Wildman–Crippen MR) is 83.1 cm³/mol. The third kappa shape index (κ3) is 11.9. The fourth-order valence-electron chi connectivity index (χ4n) is 1.56. The molecule has 0 aliphatic rings. The summed E-state index contributed by atoms with van der Waals surface area (Å²) >= 11 is 0. The number of hydrogen-bond acceptors (Lipinski definition) is 3. The first-order chi connectivity index (χ1) is 8.89. The Kier molecular flexibility index (Phi) is 9.52. The number of ether oxygens (including phenoxy) is 2. The van der Waals surface area contributed by atoms with Crippen LogP contribution in [0.4, 0.5) is 0 Å². The molecule has 0 fully saturated rings. The van der Waals surface area contributed by atoms with Crippen LogP contribution in [0.1, 0.15) is 19.3 Å². The van der Waals surface area contributed by atoms with Crippen LogP contribution in [0.25, 0.3) is 0 Å². The molecule has 0 heterocycles. The highest BCUT2D eigenvalue weighted by Gasteiger charge is 2.10. The minimum Gasteiger partial charge on any atom is -0.466 e. The summed E-state index contributed by atoms with van der Waals surface area (Å²) < 4.78 is 9.83. The van der Waals surface area contributed by atoms with E-state index < -0.39 is 8.07 Å². The highest BCUT2D eigenvalue weighted by Crippen LogP contribution is 2.12. The Morgan fingerprint density at radius 1 is 1.16 bits per heavy atom. The van der Waals surface area contributed by atoms with Gasteiger partial charge in [0.15, 0.2) is 0 Å². The smallest absolute Gasteiger partial charge is 0.330 e. The average Bonchev–Trinajstić information content (AvgIpc) is 2.35. The minimum absolute atomic E-state index is 0.0271. The molecule has 0 aromatic heterocycles. The van der Waals surface area contributed by atoms with Gasteiger partial charge in [-0.25, -0.2) is 4.79 Å². The number of carbonyl (C=O) groups excluding carboxylic acids is 1. The van der Waals surface area contributed by atoms with E-state index in [9.17, 15) is 4.79 Å². The molecule has 0 aliphatic heterocycles. The molecule has 3 nitrogen and oxygen atoms in total. The van der Waals surface area contributed by atoms with Crippen LogP contribution in [0, 0.1) is 0 Å². The van der Waals surface area contributed by atoms with Crippen LogP contribution in [-0.4, -0.2) is 34.4 Å².